The second-order valence-corrected chi connectivity index (χ2v) is 11.8. The molecule has 0 N–H and O–H groups in total. The highest BCUT2D eigenvalue weighted by atomic mass is 14.1. The molecule has 0 saturated carbocycles. The smallest absolute Gasteiger partial charge is 0.0218 e. The predicted octanol–water partition coefficient (Wildman–Crippen LogP) is 13.5. The van der Waals surface area contributed by atoms with Crippen molar-refractivity contribution >= 4 is 17.7 Å². The van der Waals surface area contributed by atoms with E-state index < -0.39 is 0 Å². The quantitative estimate of drug-likeness (QED) is 0.0846. The van der Waals surface area contributed by atoms with Crippen LogP contribution in [0.1, 0.15) is 133 Å². The Hall–Kier alpha value is -3.12. The lowest BCUT2D eigenvalue weighted by Crippen LogP contribution is -1.91. The average molecular weight is 561 g/mol. The van der Waals surface area contributed by atoms with Crippen molar-refractivity contribution in [2.45, 2.75) is 116 Å². The van der Waals surface area contributed by atoms with Crippen molar-refractivity contribution < 1.29 is 0 Å². The number of unbranched alkanes of at least 4 members (excludes halogenated alkanes) is 15. The number of hydrogen-bond acceptors (Lipinski definition) is 0. The Morgan fingerprint density at radius 2 is 0.786 bits per heavy atom. The van der Waals surface area contributed by atoms with Gasteiger partial charge >= 0.3 is 0 Å². The van der Waals surface area contributed by atoms with Crippen LogP contribution in [-0.4, -0.2) is 0 Å². The topological polar surface area (TPSA) is 0 Å². The highest BCUT2D eigenvalue weighted by Gasteiger charge is 2.07. The van der Waals surface area contributed by atoms with Crippen LogP contribution in [0.3, 0.4) is 0 Å². The molecule has 3 aromatic carbocycles. The Bertz CT molecular complexity index is 1080. The van der Waals surface area contributed by atoms with Gasteiger partial charge in [0, 0.05) is 0 Å². The summed E-state index contributed by atoms with van der Waals surface area (Å²) in [5, 5.41) is 0. The molecule has 0 aromatic heterocycles. The van der Waals surface area contributed by atoms with Crippen molar-refractivity contribution in [1.82, 2.24) is 0 Å². The number of hydrogen-bond donors (Lipinski definition) is 0. The van der Waals surface area contributed by atoms with E-state index in [4.69, 9.17) is 0 Å². The zero-order chi connectivity index (χ0) is 29.3. The number of allylic oxidation sites excluding steroid dienone is 4. The van der Waals surface area contributed by atoms with Crippen LogP contribution in [0.2, 0.25) is 0 Å². The summed E-state index contributed by atoms with van der Waals surface area (Å²) in [5.74, 6) is 0. The fourth-order valence-electron chi connectivity index (χ4n) is 5.70. The third-order valence-electron chi connectivity index (χ3n) is 8.26. The lowest BCUT2D eigenvalue weighted by molar-refractivity contribution is 0.530. The van der Waals surface area contributed by atoms with Gasteiger partial charge in [-0.2, -0.15) is 0 Å². The third kappa shape index (κ3) is 14.7. The molecule has 0 heterocycles. The van der Waals surface area contributed by atoms with Gasteiger partial charge in [0.2, 0.25) is 0 Å². The number of rotatable bonds is 22. The largest absolute Gasteiger partial charge is 0.0654 e. The van der Waals surface area contributed by atoms with Crippen molar-refractivity contribution in [3.8, 4) is 0 Å². The van der Waals surface area contributed by atoms with Crippen molar-refractivity contribution in [3.63, 3.8) is 0 Å². The van der Waals surface area contributed by atoms with E-state index in [1.807, 2.05) is 0 Å². The van der Waals surface area contributed by atoms with E-state index in [0.29, 0.717) is 0 Å². The Labute approximate surface area is 258 Å². The first kappa shape index (κ1) is 33.4. The zero-order valence-electron chi connectivity index (χ0n) is 26.5. The summed E-state index contributed by atoms with van der Waals surface area (Å²) in [5.41, 5.74) is 6.55. The summed E-state index contributed by atoms with van der Waals surface area (Å²) in [6, 6.07) is 32.3. The maximum absolute atomic E-state index is 2.31. The molecular weight excluding hydrogens is 504 g/mol. The van der Waals surface area contributed by atoms with Gasteiger partial charge in [0.1, 0.15) is 0 Å². The average Bonchev–Trinajstić information content (AvgIpc) is 3.04. The molecule has 0 aliphatic heterocycles. The molecule has 0 amide bonds. The van der Waals surface area contributed by atoms with E-state index in [0.717, 1.165) is 6.42 Å². The minimum atomic E-state index is 1.11. The molecule has 0 nitrogen and oxygen atoms in total. The minimum absolute atomic E-state index is 1.11. The standard InChI is InChI=1S/C42H56/c1-2-3-4-5-6-7-8-9-10-11-12-13-14-15-16-26-33-42(40-31-24-19-25-32-40)41(36-34-38-27-20-17-21-28-38)37-35-39-29-22-18-23-30-39/h17-25,27-32,34-37H,2-16,26,33H2,1H3. The molecule has 0 heteroatoms. The Balaban J connectivity index is 1.48. The van der Waals surface area contributed by atoms with Crippen molar-refractivity contribution in [1.29, 1.82) is 0 Å². The second-order valence-electron chi connectivity index (χ2n) is 11.8. The van der Waals surface area contributed by atoms with Crippen LogP contribution in [0.25, 0.3) is 17.7 Å². The van der Waals surface area contributed by atoms with Gasteiger partial charge in [-0.05, 0) is 40.7 Å². The predicted molar refractivity (Wildman–Crippen MR) is 188 cm³/mol. The Kier molecular flexibility index (Phi) is 17.9. The first-order valence-corrected chi connectivity index (χ1v) is 17.1. The summed E-state index contributed by atoms with van der Waals surface area (Å²) in [4.78, 5) is 0. The first-order chi connectivity index (χ1) is 20.9. The molecule has 42 heavy (non-hydrogen) atoms. The van der Waals surface area contributed by atoms with Gasteiger partial charge in [-0.25, -0.2) is 0 Å². The molecule has 0 atom stereocenters. The van der Waals surface area contributed by atoms with E-state index >= 15 is 0 Å². The fraction of sp³-hybridized carbons (Fsp3) is 0.429. The minimum Gasteiger partial charge on any atom is -0.0654 e. The fourth-order valence-corrected chi connectivity index (χ4v) is 5.70. The van der Waals surface area contributed by atoms with Gasteiger partial charge < -0.3 is 0 Å². The molecule has 0 saturated heterocycles. The molecule has 0 fully saturated rings. The second kappa shape index (κ2) is 22.5. The molecule has 0 aliphatic rings. The van der Waals surface area contributed by atoms with Gasteiger partial charge in [-0.15, -0.1) is 0 Å². The van der Waals surface area contributed by atoms with Gasteiger partial charge in [-0.1, -0.05) is 219 Å². The zero-order valence-corrected chi connectivity index (χ0v) is 26.5. The number of benzene rings is 3. The van der Waals surface area contributed by atoms with Crippen molar-refractivity contribution in [2.75, 3.05) is 0 Å². The molecule has 0 unspecified atom stereocenters. The molecule has 0 radical (unpaired) electrons. The van der Waals surface area contributed by atoms with Crippen LogP contribution in [-0.2, 0) is 0 Å². The van der Waals surface area contributed by atoms with E-state index in [-0.39, 0.29) is 0 Å². The summed E-state index contributed by atoms with van der Waals surface area (Å²) in [7, 11) is 0. The van der Waals surface area contributed by atoms with E-state index in [1.54, 1.807) is 0 Å². The van der Waals surface area contributed by atoms with Crippen LogP contribution < -0.4 is 0 Å². The monoisotopic (exact) mass is 560 g/mol. The van der Waals surface area contributed by atoms with Gasteiger partial charge in [0.05, 0.1) is 0 Å². The molecule has 3 aromatic rings. The molecule has 0 bridgehead atoms. The van der Waals surface area contributed by atoms with Crippen LogP contribution in [0.4, 0.5) is 0 Å². The van der Waals surface area contributed by atoms with Crippen molar-refractivity contribution in [2.24, 2.45) is 0 Å². The van der Waals surface area contributed by atoms with Gasteiger partial charge in [-0.3, -0.25) is 0 Å². The normalized spacial score (nSPS) is 11.5. The third-order valence-corrected chi connectivity index (χ3v) is 8.26. The molecule has 0 spiro atoms. The summed E-state index contributed by atoms with van der Waals surface area (Å²) in [6.45, 7) is 2.30. The van der Waals surface area contributed by atoms with Crippen LogP contribution >= 0.6 is 0 Å². The van der Waals surface area contributed by atoms with Gasteiger partial charge in [0.25, 0.3) is 0 Å². The summed E-state index contributed by atoms with van der Waals surface area (Å²) < 4.78 is 0. The van der Waals surface area contributed by atoms with Crippen LogP contribution in [0, 0.1) is 0 Å². The molecule has 0 aliphatic carbocycles. The summed E-state index contributed by atoms with van der Waals surface area (Å²) >= 11 is 0. The first-order valence-electron chi connectivity index (χ1n) is 17.1. The lowest BCUT2D eigenvalue weighted by atomic mass is 9.93. The highest BCUT2D eigenvalue weighted by Crippen LogP contribution is 2.28. The maximum atomic E-state index is 2.31. The van der Waals surface area contributed by atoms with Crippen LogP contribution in [0.15, 0.2) is 109 Å². The SMILES string of the molecule is CCCCCCCCCCCCCCCCCCC(=C(C=Cc1ccccc1)C=Cc1ccccc1)c1ccccc1. The Morgan fingerprint density at radius 1 is 0.429 bits per heavy atom. The molecular formula is C42H56. The maximum Gasteiger partial charge on any atom is -0.0218 e. The highest BCUT2D eigenvalue weighted by molar-refractivity contribution is 5.77. The van der Waals surface area contributed by atoms with Crippen molar-refractivity contribution in [3.05, 3.63) is 125 Å². The molecule has 3 rings (SSSR count). The Morgan fingerprint density at radius 3 is 1.19 bits per heavy atom. The van der Waals surface area contributed by atoms with Gasteiger partial charge in [0.15, 0.2) is 0 Å². The lowest BCUT2D eigenvalue weighted by Gasteiger charge is -2.12. The van der Waals surface area contributed by atoms with E-state index in [2.05, 4.69) is 122 Å². The van der Waals surface area contributed by atoms with E-state index in [9.17, 15) is 0 Å². The van der Waals surface area contributed by atoms with Crippen LogP contribution in [0.5, 0.6) is 0 Å². The summed E-state index contributed by atoms with van der Waals surface area (Å²) in [6.07, 6.45) is 32.7. The molecule has 224 valence electrons. The van der Waals surface area contributed by atoms with E-state index in [1.165, 1.54) is 131 Å².